The third-order valence-corrected chi connectivity index (χ3v) is 7.00. The van der Waals surface area contributed by atoms with Gasteiger partial charge in [-0.1, -0.05) is 30.7 Å². The third-order valence-electron chi connectivity index (χ3n) is 7.00. The molecule has 6 nitrogen and oxygen atoms in total. The Morgan fingerprint density at radius 2 is 1.80 bits per heavy atom. The topological polar surface area (TPSA) is 59.5 Å². The maximum Gasteiger partial charge on any atom is 0.586 e. The van der Waals surface area contributed by atoms with Gasteiger partial charge in [-0.25, -0.2) is 9.97 Å². The van der Waals surface area contributed by atoms with Crippen LogP contribution in [-0.4, -0.2) is 36.4 Å². The highest BCUT2D eigenvalue weighted by molar-refractivity contribution is 5.89. The molecule has 0 amide bonds. The fraction of sp³-hybridized carbons (Fsp3) is 0.481. The summed E-state index contributed by atoms with van der Waals surface area (Å²) in [6, 6.07) is 13.6. The molecule has 1 aromatic heterocycles. The summed E-state index contributed by atoms with van der Waals surface area (Å²) in [5, 5.41) is 4.61. The average molecular weight is 483 g/mol. The first-order valence-corrected chi connectivity index (χ1v) is 12.4. The van der Waals surface area contributed by atoms with Gasteiger partial charge in [0.2, 0.25) is 0 Å². The molecule has 1 aliphatic heterocycles. The Labute approximate surface area is 204 Å². The highest BCUT2D eigenvalue weighted by Gasteiger charge is 2.44. The van der Waals surface area contributed by atoms with Crippen LogP contribution in [-0.2, 0) is 13.0 Å². The van der Waals surface area contributed by atoms with E-state index in [1.54, 1.807) is 12.1 Å². The number of ether oxygens (including phenoxy) is 2. The first-order valence-electron chi connectivity index (χ1n) is 12.4. The van der Waals surface area contributed by atoms with Crippen LogP contribution in [0.2, 0.25) is 0 Å². The Hall–Kier alpha value is -3.00. The molecule has 2 aliphatic rings. The van der Waals surface area contributed by atoms with Gasteiger partial charge < -0.3 is 19.7 Å². The molecular weight excluding hydrogens is 450 g/mol. The number of nitrogens with one attached hydrogen (secondary N) is 1. The highest BCUT2D eigenvalue weighted by Crippen LogP contribution is 2.43. The highest BCUT2D eigenvalue weighted by atomic mass is 19.3. The SMILES string of the molecule is CN(C)c1nc(CCCC2CCC(NCc3cccc4c3OC(F)(F)O4)CC2)nc2ccccc12. The van der Waals surface area contributed by atoms with Gasteiger partial charge in [0.25, 0.3) is 0 Å². The summed E-state index contributed by atoms with van der Waals surface area (Å²) in [4.78, 5) is 11.7. The molecule has 1 saturated carbocycles. The summed E-state index contributed by atoms with van der Waals surface area (Å²) in [6.07, 6.45) is 4.07. The zero-order chi connectivity index (χ0) is 24.4. The van der Waals surface area contributed by atoms with Crippen LogP contribution in [0.3, 0.4) is 0 Å². The number of nitrogens with zero attached hydrogens (tertiary/aromatic N) is 3. The van der Waals surface area contributed by atoms with Crippen molar-refractivity contribution in [3.05, 3.63) is 53.9 Å². The van der Waals surface area contributed by atoms with Crippen LogP contribution in [0.1, 0.15) is 49.9 Å². The van der Waals surface area contributed by atoms with Crippen LogP contribution >= 0.6 is 0 Å². The molecule has 1 aliphatic carbocycles. The summed E-state index contributed by atoms with van der Waals surface area (Å²) < 4.78 is 36.1. The fourth-order valence-corrected chi connectivity index (χ4v) is 5.18. The van der Waals surface area contributed by atoms with Crippen molar-refractivity contribution < 1.29 is 18.3 Å². The fourth-order valence-electron chi connectivity index (χ4n) is 5.18. The van der Waals surface area contributed by atoms with Crippen LogP contribution < -0.4 is 19.7 Å². The third kappa shape index (κ3) is 5.48. The molecule has 0 atom stereocenters. The lowest BCUT2D eigenvalue weighted by Crippen LogP contribution is -2.33. The van der Waals surface area contributed by atoms with Crippen molar-refractivity contribution >= 4 is 16.7 Å². The van der Waals surface area contributed by atoms with E-state index in [0.717, 1.165) is 48.2 Å². The molecule has 186 valence electrons. The predicted molar refractivity (Wildman–Crippen MR) is 132 cm³/mol. The molecule has 0 bridgehead atoms. The Kier molecular flexibility index (Phi) is 6.73. The number of aromatic nitrogens is 2. The van der Waals surface area contributed by atoms with Gasteiger partial charge in [-0.05, 0) is 56.2 Å². The van der Waals surface area contributed by atoms with Crippen LogP contribution in [0.5, 0.6) is 11.5 Å². The second-order valence-corrected chi connectivity index (χ2v) is 9.78. The lowest BCUT2D eigenvalue weighted by Gasteiger charge is -2.29. The molecule has 3 aromatic rings. The van der Waals surface area contributed by atoms with Crippen molar-refractivity contribution in [3.63, 3.8) is 0 Å². The van der Waals surface area contributed by atoms with Gasteiger partial charge in [0.1, 0.15) is 11.6 Å². The van der Waals surface area contributed by atoms with Crippen molar-refractivity contribution in [2.45, 2.75) is 63.8 Å². The zero-order valence-corrected chi connectivity index (χ0v) is 20.3. The second-order valence-electron chi connectivity index (χ2n) is 9.78. The lowest BCUT2D eigenvalue weighted by atomic mass is 9.83. The number of fused-ring (bicyclic) bond motifs is 2. The van der Waals surface area contributed by atoms with E-state index in [1.807, 2.05) is 26.2 Å². The number of anilines is 1. The molecule has 35 heavy (non-hydrogen) atoms. The Bertz CT molecular complexity index is 1180. The summed E-state index contributed by atoms with van der Waals surface area (Å²) in [5.74, 6) is 2.84. The molecule has 8 heteroatoms. The van der Waals surface area contributed by atoms with Gasteiger partial charge in [-0.15, -0.1) is 8.78 Å². The Morgan fingerprint density at radius 3 is 2.60 bits per heavy atom. The van der Waals surface area contributed by atoms with Crippen molar-refractivity contribution in [1.82, 2.24) is 15.3 Å². The average Bonchev–Trinajstić information content (AvgIpc) is 3.17. The monoisotopic (exact) mass is 482 g/mol. The minimum Gasteiger partial charge on any atom is -0.395 e. The summed E-state index contributed by atoms with van der Waals surface area (Å²) in [5.41, 5.74) is 1.70. The molecule has 0 spiro atoms. The van der Waals surface area contributed by atoms with Crippen LogP contribution in [0.25, 0.3) is 10.9 Å². The molecule has 2 heterocycles. The first-order chi connectivity index (χ1) is 16.9. The van der Waals surface area contributed by atoms with Gasteiger partial charge in [0.05, 0.1) is 5.52 Å². The van der Waals surface area contributed by atoms with Gasteiger partial charge in [-0.3, -0.25) is 0 Å². The standard InChI is InChI=1S/C27H32F2N4O2/c1-33(2)26-21-9-3-4-10-22(21)31-24(32-26)12-5-7-18-13-15-20(16-14-18)30-17-19-8-6-11-23-25(19)35-27(28,29)34-23/h3-4,6,8-11,18,20,30H,5,7,12-17H2,1-2H3. The van der Waals surface area contributed by atoms with E-state index in [0.29, 0.717) is 24.1 Å². The van der Waals surface area contributed by atoms with Crippen LogP contribution in [0.4, 0.5) is 14.6 Å². The van der Waals surface area contributed by atoms with Gasteiger partial charge in [0, 0.05) is 44.1 Å². The van der Waals surface area contributed by atoms with Crippen molar-refractivity contribution in [3.8, 4) is 11.5 Å². The molecule has 0 unspecified atom stereocenters. The normalized spacial score (nSPS) is 20.8. The zero-order valence-electron chi connectivity index (χ0n) is 20.3. The maximum atomic E-state index is 13.4. The van der Waals surface area contributed by atoms with E-state index in [4.69, 9.17) is 14.7 Å². The van der Waals surface area contributed by atoms with E-state index in [1.165, 1.54) is 25.3 Å². The second kappa shape index (κ2) is 9.93. The number of para-hydroxylation sites is 2. The van der Waals surface area contributed by atoms with E-state index in [-0.39, 0.29) is 11.5 Å². The molecule has 0 radical (unpaired) electrons. The number of aryl methyl sites for hydroxylation is 1. The predicted octanol–water partition coefficient (Wildman–Crippen LogP) is 5.69. The van der Waals surface area contributed by atoms with Gasteiger partial charge in [-0.2, -0.15) is 0 Å². The largest absolute Gasteiger partial charge is 0.586 e. The maximum absolute atomic E-state index is 13.4. The summed E-state index contributed by atoms with van der Waals surface area (Å²) in [7, 11) is 4.04. The number of alkyl halides is 2. The molecule has 5 rings (SSSR count). The van der Waals surface area contributed by atoms with E-state index < -0.39 is 6.29 Å². The van der Waals surface area contributed by atoms with Crippen molar-refractivity contribution in [2.24, 2.45) is 5.92 Å². The summed E-state index contributed by atoms with van der Waals surface area (Å²) in [6.45, 7) is 0.492. The molecule has 1 N–H and O–H groups in total. The molecule has 2 aromatic carbocycles. The van der Waals surface area contributed by atoms with Crippen LogP contribution in [0, 0.1) is 5.92 Å². The molecule has 1 fully saturated rings. The first kappa shape index (κ1) is 23.7. The Balaban J connectivity index is 1.08. The number of benzene rings is 2. The minimum absolute atomic E-state index is 0.103. The number of hydrogen-bond donors (Lipinski definition) is 1. The number of rotatable bonds is 8. The molecular formula is C27H32F2N4O2. The van der Waals surface area contributed by atoms with E-state index in [2.05, 4.69) is 27.1 Å². The molecule has 0 saturated heterocycles. The Morgan fingerprint density at radius 1 is 1.00 bits per heavy atom. The van der Waals surface area contributed by atoms with Crippen LogP contribution in [0.15, 0.2) is 42.5 Å². The van der Waals surface area contributed by atoms with E-state index in [9.17, 15) is 8.78 Å². The summed E-state index contributed by atoms with van der Waals surface area (Å²) >= 11 is 0. The van der Waals surface area contributed by atoms with Gasteiger partial charge in [0.15, 0.2) is 11.5 Å². The van der Waals surface area contributed by atoms with Crippen molar-refractivity contribution in [2.75, 3.05) is 19.0 Å². The minimum atomic E-state index is -3.58. The number of halogens is 2. The quantitative estimate of drug-likeness (QED) is 0.445. The smallest absolute Gasteiger partial charge is 0.395 e. The van der Waals surface area contributed by atoms with E-state index >= 15 is 0 Å². The number of hydrogen-bond acceptors (Lipinski definition) is 6. The van der Waals surface area contributed by atoms with Gasteiger partial charge >= 0.3 is 6.29 Å². The lowest BCUT2D eigenvalue weighted by molar-refractivity contribution is -0.286. The van der Waals surface area contributed by atoms with Crippen molar-refractivity contribution in [1.29, 1.82) is 0 Å².